The molecule has 1 rings (SSSR count). The standard InChI is InChI=1S/C9H7FO3/c10-8-3-1-2-6(4-9(12)13)7(8)5-11/h1-3,5H,4H2,(H,12,13). The van der Waals surface area contributed by atoms with Crippen molar-refractivity contribution in [3.05, 3.63) is 35.1 Å². The Morgan fingerprint density at radius 1 is 1.54 bits per heavy atom. The van der Waals surface area contributed by atoms with Crippen LogP contribution >= 0.6 is 0 Å². The van der Waals surface area contributed by atoms with Crippen molar-refractivity contribution in [3.63, 3.8) is 0 Å². The first-order chi connectivity index (χ1) is 6.15. The third kappa shape index (κ3) is 2.11. The highest BCUT2D eigenvalue weighted by molar-refractivity contribution is 5.81. The van der Waals surface area contributed by atoms with Gasteiger partial charge in [0.2, 0.25) is 0 Å². The van der Waals surface area contributed by atoms with Crippen molar-refractivity contribution < 1.29 is 19.1 Å². The molecule has 68 valence electrons. The lowest BCUT2D eigenvalue weighted by Crippen LogP contribution is -2.04. The lowest BCUT2D eigenvalue weighted by molar-refractivity contribution is -0.136. The molecule has 0 aromatic heterocycles. The summed E-state index contributed by atoms with van der Waals surface area (Å²) in [5.74, 6) is -1.78. The van der Waals surface area contributed by atoms with Crippen LogP contribution in [0.25, 0.3) is 0 Å². The van der Waals surface area contributed by atoms with Gasteiger partial charge in [0.15, 0.2) is 6.29 Å². The van der Waals surface area contributed by atoms with Crippen molar-refractivity contribution in [2.45, 2.75) is 6.42 Å². The van der Waals surface area contributed by atoms with Crippen molar-refractivity contribution in [2.75, 3.05) is 0 Å². The van der Waals surface area contributed by atoms with E-state index in [1.165, 1.54) is 12.1 Å². The summed E-state index contributed by atoms with van der Waals surface area (Å²) in [7, 11) is 0. The predicted octanol–water partition coefficient (Wildman–Crippen LogP) is 1.27. The first kappa shape index (κ1) is 9.38. The number of aldehydes is 1. The third-order valence-corrected chi connectivity index (χ3v) is 1.60. The molecule has 4 heteroatoms. The molecule has 3 nitrogen and oxygen atoms in total. The highest BCUT2D eigenvalue weighted by atomic mass is 19.1. The van der Waals surface area contributed by atoms with E-state index in [1.54, 1.807) is 0 Å². The number of carbonyl (C=O) groups is 2. The zero-order chi connectivity index (χ0) is 9.84. The fraction of sp³-hybridized carbons (Fsp3) is 0.111. The van der Waals surface area contributed by atoms with Gasteiger partial charge in [-0.25, -0.2) is 4.39 Å². The predicted molar refractivity (Wildman–Crippen MR) is 43.1 cm³/mol. The molecule has 1 N–H and O–H groups in total. The van der Waals surface area contributed by atoms with Crippen LogP contribution in [0.3, 0.4) is 0 Å². The molecule has 0 aliphatic carbocycles. The minimum Gasteiger partial charge on any atom is -0.481 e. The van der Waals surface area contributed by atoms with Crippen molar-refractivity contribution in [1.82, 2.24) is 0 Å². The number of hydrogen-bond acceptors (Lipinski definition) is 2. The van der Waals surface area contributed by atoms with Gasteiger partial charge in [-0.1, -0.05) is 12.1 Å². The quantitative estimate of drug-likeness (QED) is 0.716. The molecular weight excluding hydrogens is 175 g/mol. The zero-order valence-corrected chi connectivity index (χ0v) is 6.66. The van der Waals surface area contributed by atoms with Crippen molar-refractivity contribution in [2.24, 2.45) is 0 Å². The number of rotatable bonds is 3. The van der Waals surface area contributed by atoms with Crippen LogP contribution in [0.4, 0.5) is 4.39 Å². The van der Waals surface area contributed by atoms with Crippen LogP contribution in [0.2, 0.25) is 0 Å². The molecule has 1 aromatic rings. The van der Waals surface area contributed by atoms with E-state index < -0.39 is 11.8 Å². The van der Waals surface area contributed by atoms with Gasteiger partial charge in [0.1, 0.15) is 5.82 Å². The number of halogens is 1. The van der Waals surface area contributed by atoms with Gasteiger partial charge in [-0.05, 0) is 11.6 Å². The van der Waals surface area contributed by atoms with E-state index in [0.29, 0.717) is 6.29 Å². The van der Waals surface area contributed by atoms with Gasteiger partial charge >= 0.3 is 5.97 Å². The molecule has 0 saturated heterocycles. The smallest absolute Gasteiger partial charge is 0.307 e. The molecule has 0 spiro atoms. The van der Waals surface area contributed by atoms with Gasteiger partial charge in [0.05, 0.1) is 12.0 Å². The average molecular weight is 182 g/mol. The first-order valence-corrected chi connectivity index (χ1v) is 3.59. The fourth-order valence-corrected chi connectivity index (χ4v) is 1.03. The summed E-state index contributed by atoms with van der Waals surface area (Å²) < 4.78 is 12.9. The van der Waals surface area contributed by atoms with Crippen LogP contribution in [0.5, 0.6) is 0 Å². The largest absolute Gasteiger partial charge is 0.481 e. The van der Waals surface area contributed by atoms with Crippen LogP contribution in [-0.4, -0.2) is 17.4 Å². The van der Waals surface area contributed by atoms with E-state index in [-0.39, 0.29) is 17.5 Å². The maximum atomic E-state index is 12.9. The first-order valence-electron chi connectivity index (χ1n) is 3.59. The Balaban J connectivity index is 3.12. The van der Waals surface area contributed by atoms with E-state index >= 15 is 0 Å². The molecule has 1 aromatic carbocycles. The van der Waals surface area contributed by atoms with Gasteiger partial charge in [0.25, 0.3) is 0 Å². The van der Waals surface area contributed by atoms with Crippen molar-refractivity contribution >= 4 is 12.3 Å². The fourth-order valence-electron chi connectivity index (χ4n) is 1.03. The van der Waals surface area contributed by atoms with Gasteiger partial charge in [0, 0.05) is 0 Å². The lowest BCUT2D eigenvalue weighted by atomic mass is 10.1. The maximum Gasteiger partial charge on any atom is 0.307 e. The van der Waals surface area contributed by atoms with Gasteiger partial charge < -0.3 is 5.11 Å². The number of carboxylic acids is 1. The summed E-state index contributed by atoms with van der Waals surface area (Å²) in [5, 5.41) is 8.44. The van der Waals surface area contributed by atoms with Crippen molar-refractivity contribution in [3.8, 4) is 0 Å². The van der Waals surface area contributed by atoms with Crippen LogP contribution in [0.1, 0.15) is 15.9 Å². The van der Waals surface area contributed by atoms with Gasteiger partial charge in [-0.2, -0.15) is 0 Å². The number of benzene rings is 1. The van der Waals surface area contributed by atoms with Crippen LogP contribution in [0, 0.1) is 5.82 Å². The minimum absolute atomic E-state index is 0.176. The molecule has 0 aliphatic rings. The Morgan fingerprint density at radius 3 is 2.77 bits per heavy atom. The monoisotopic (exact) mass is 182 g/mol. The summed E-state index contributed by atoms with van der Waals surface area (Å²) >= 11 is 0. The molecule has 0 amide bonds. The molecular formula is C9H7FO3. The number of hydrogen-bond donors (Lipinski definition) is 1. The maximum absolute atomic E-state index is 12.9. The second-order valence-electron chi connectivity index (χ2n) is 2.50. The molecule has 0 bridgehead atoms. The lowest BCUT2D eigenvalue weighted by Gasteiger charge is -2.01. The summed E-state index contributed by atoms with van der Waals surface area (Å²) in [6, 6.07) is 3.91. The Labute approximate surface area is 73.8 Å². The topological polar surface area (TPSA) is 54.4 Å². The molecule has 0 saturated carbocycles. The Bertz CT molecular complexity index is 347. The van der Waals surface area contributed by atoms with Crippen molar-refractivity contribution in [1.29, 1.82) is 0 Å². The van der Waals surface area contributed by atoms with E-state index in [4.69, 9.17) is 5.11 Å². The molecule has 0 radical (unpaired) electrons. The van der Waals surface area contributed by atoms with E-state index in [2.05, 4.69) is 0 Å². The normalized spacial score (nSPS) is 9.62. The van der Waals surface area contributed by atoms with E-state index in [9.17, 15) is 14.0 Å². The molecule has 0 unspecified atom stereocenters. The molecule has 0 fully saturated rings. The van der Waals surface area contributed by atoms with Crippen LogP contribution in [0.15, 0.2) is 18.2 Å². The van der Waals surface area contributed by atoms with E-state index in [0.717, 1.165) is 6.07 Å². The highest BCUT2D eigenvalue weighted by Crippen LogP contribution is 2.11. The minimum atomic E-state index is -1.09. The summed E-state index contributed by atoms with van der Waals surface area (Å²) in [5.41, 5.74) is 0.0207. The van der Waals surface area contributed by atoms with Crippen LogP contribution in [-0.2, 0) is 11.2 Å². The van der Waals surface area contributed by atoms with Gasteiger partial charge in [-0.3, -0.25) is 9.59 Å². The summed E-state index contributed by atoms with van der Waals surface area (Å²) in [6.07, 6.45) is -0.0144. The van der Waals surface area contributed by atoms with Gasteiger partial charge in [-0.15, -0.1) is 0 Å². The Morgan fingerprint density at radius 2 is 2.23 bits per heavy atom. The zero-order valence-electron chi connectivity index (χ0n) is 6.66. The second-order valence-corrected chi connectivity index (χ2v) is 2.50. The summed E-state index contributed by atoms with van der Waals surface area (Å²) in [6.45, 7) is 0. The molecule has 13 heavy (non-hydrogen) atoms. The highest BCUT2D eigenvalue weighted by Gasteiger charge is 2.09. The molecule has 0 atom stereocenters. The number of carbonyl (C=O) groups excluding carboxylic acids is 1. The second kappa shape index (κ2) is 3.80. The SMILES string of the molecule is O=Cc1c(F)cccc1CC(=O)O. The average Bonchev–Trinajstić information content (AvgIpc) is 2.03. The van der Waals surface area contributed by atoms with E-state index in [1.807, 2.05) is 0 Å². The molecule has 0 heterocycles. The van der Waals surface area contributed by atoms with Crippen LogP contribution < -0.4 is 0 Å². The number of aliphatic carboxylic acids is 1. The number of carboxylic acid groups (broad SMARTS) is 1. The Hall–Kier alpha value is -1.71. The Kier molecular flexibility index (Phi) is 2.74. The summed E-state index contributed by atoms with van der Waals surface area (Å²) in [4.78, 5) is 20.7. The molecule has 0 aliphatic heterocycles. The third-order valence-electron chi connectivity index (χ3n) is 1.60.